The SMILES string of the molecule is NC(c1ccc(Oc2cccc(SC(F)(F)F)c2)cc1)c1cccc(C(F)(F)C(F)(F)C(F)(F)F)c1. The highest BCUT2D eigenvalue weighted by molar-refractivity contribution is 8.00. The van der Waals surface area contributed by atoms with Gasteiger partial charge in [0.15, 0.2) is 0 Å². The van der Waals surface area contributed by atoms with E-state index in [4.69, 9.17) is 10.5 Å². The van der Waals surface area contributed by atoms with Crippen molar-refractivity contribution in [2.45, 2.75) is 34.5 Å². The van der Waals surface area contributed by atoms with Crippen LogP contribution in [-0.2, 0) is 5.92 Å². The lowest BCUT2D eigenvalue weighted by molar-refractivity contribution is -0.359. The summed E-state index contributed by atoms with van der Waals surface area (Å²) in [7, 11) is 0. The van der Waals surface area contributed by atoms with Gasteiger partial charge in [0, 0.05) is 10.5 Å². The number of rotatable bonds is 7. The summed E-state index contributed by atoms with van der Waals surface area (Å²) in [5.74, 6) is -11.6. The van der Waals surface area contributed by atoms with Gasteiger partial charge in [-0.15, -0.1) is 0 Å². The Labute approximate surface area is 202 Å². The van der Waals surface area contributed by atoms with Crippen molar-refractivity contribution in [3.8, 4) is 11.5 Å². The lowest BCUT2D eigenvalue weighted by Crippen LogP contribution is -2.50. The van der Waals surface area contributed by atoms with Crippen LogP contribution in [0.1, 0.15) is 22.7 Å². The summed E-state index contributed by atoms with van der Waals surface area (Å²) in [5, 5.41) is 0. The highest BCUT2D eigenvalue weighted by Crippen LogP contribution is 2.52. The molecule has 0 saturated heterocycles. The van der Waals surface area contributed by atoms with E-state index in [0.717, 1.165) is 6.07 Å². The molecule has 1 atom stereocenters. The fraction of sp³-hybridized carbons (Fsp3) is 0.217. The average molecular weight is 543 g/mol. The zero-order valence-corrected chi connectivity index (χ0v) is 18.5. The minimum atomic E-state index is -6.48. The van der Waals surface area contributed by atoms with Crippen LogP contribution in [0.2, 0.25) is 0 Å². The zero-order chi connectivity index (χ0) is 26.9. The first-order valence-corrected chi connectivity index (χ1v) is 10.6. The summed E-state index contributed by atoms with van der Waals surface area (Å²) in [5.41, 5.74) is 0.0667. The smallest absolute Gasteiger partial charge is 0.457 e. The molecule has 0 heterocycles. The Balaban J connectivity index is 1.79. The molecule has 1 unspecified atom stereocenters. The summed E-state index contributed by atoms with van der Waals surface area (Å²) in [6.45, 7) is 0. The average Bonchev–Trinajstić information content (AvgIpc) is 2.77. The van der Waals surface area contributed by atoms with Gasteiger partial charge in [-0.1, -0.05) is 36.4 Å². The summed E-state index contributed by atoms with van der Waals surface area (Å²) in [6, 6.07) is 12.5. The number of hydrogen-bond donors (Lipinski definition) is 1. The molecule has 36 heavy (non-hydrogen) atoms. The van der Waals surface area contributed by atoms with Crippen molar-refractivity contribution in [1.29, 1.82) is 0 Å². The highest BCUT2D eigenvalue weighted by atomic mass is 32.2. The van der Waals surface area contributed by atoms with Gasteiger partial charge in [0.1, 0.15) is 11.5 Å². The standard InChI is InChI=1S/C23H15F10NOS/c24-20(25,21(26,27)22(28,29)30)15-4-1-3-14(11-15)19(34)13-7-9-16(10-8-13)35-17-5-2-6-18(12-17)36-23(31,32)33/h1-12,19H,34H2. The van der Waals surface area contributed by atoms with Crippen LogP contribution in [0.5, 0.6) is 11.5 Å². The maximum atomic E-state index is 14.1. The van der Waals surface area contributed by atoms with Crippen molar-refractivity contribution < 1.29 is 48.6 Å². The van der Waals surface area contributed by atoms with Crippen LogP contribution in [0.15, 0.2) is 77.7 Å². The number of alkyl halides is 10. The second kappa shape index (κ2) is 9.85. The molecular formula is C23H15F10NOS. The molecule has 0 aliphatic heterocycles. The van der Waals surface area contributed by atoms with Gasteiger partial charge >= 0.3 is 23.5 Å². The van der Waals surface area contributed by atoms with Crippen molar-refractivity contribution in [3.05, 3.63) is 89.5 Å². The molecule has 0 bridgehead atoms. The minimum absolute atomic E-state index is 0.0989. The van der Waals surface area contributed by atoms with Crippen LogP contribution in [0.3, 0.4) is 0 Å². The molecule has 194 valence electrons. The molecule has 0 saturated carbocycles. The van der Waals surface area contributed by atoms with Crippen molar-refractivity contribution in [2.24, 2.45) is 5.73 Å². The van der Waals surface area contributed by atoms with Crippen molar-refractivity contribution in [2.75, 3.05) is 0 Å². The van der Waals surface area contributed by atoms with E-state index in [1.165, 1.54) is 54.6 Å². The Morgan fingerprint density at radius 1 is 0.667 bits per heavy atom. The molecule has 3 rings (SSSR count). The van der Waals surface area contributed by atoms with E-state index in [2.05, 4.69) is 0 Å². The number of benzene rings is 3. The van der Waals surface area contributed by atoms with Crippen molar-refractivity contribution in [3.63, 3.8) is 0 Å². The molecule has 13 heteroatoms. The van der Waals surface area contributed by atoms with Gasteiger partial charge in [0.25, 0.3) is 0 Å². The number of halogens is 10. The third-order valence-corrected chi connectivity index (χ3v) is 5.59. The largest absolute Gasteiger partial charge is 0.460 e. The molecule has 0 amide bonds. The first kappa shape index (κ1) is 27.7. The van der Waals surface area contributed by atoms with Crippen LogP contribution in [0.25, 0.3) is 0 Å². The molecule has 0 aromatic heterocycles. The van der Waals surface area contributed by atoms with E-state index in [-0.39, 0.29) is 39.3 Å². The van der Waals surface area contributed by atoms with Gasteiger partial charge in [-0.05, 0) is 59.3 Å². The van der Waals surface area contributed by atoms with E-state index < -0.39 is 35.1 Å². The van der Waals surface area contributed by atoms with Gasteiger partial charge in [-0.25, -0.2) is 0 Å². The van der Waals surface area contributed by atoms with E-state index in [1.54, 1.807) is 0 Å². The quantitative estimate of drug-likeness (QED) is 0.240. The zero-order valence-electron chi connectivity index (χ0n) is 17.7. The Morgan fingerprint density at radius 3 is 1.86 bits per heavy atom. The molecule has 0 aliphatic carbocycles. The maximum Gasteiger partial charge on any atom is 0.460 e. The van der Waals surface area contributed by atoms with Crippen molar-refractivity contribution >= 4 is 11.8 Å². The van der Waals surface area contributed by atoms with Crippen LogP contribution in [-0.4, -0.2) is 17.6 Å². The normalized spacial score (nSPS) is 14.0. The molecule has 0 spiro atoms. The van der Waals surface area contributed by atoms with E-state index in [9.17, 15) is 43.9 Å². The van der Waals surface area contributed by atoms with E-state index in [0.29, 0.717) is 12.1 Å². The maximum absolute atomic E-state index is 14.1. The van der Waals surface area contributed by atoms with Crippen molar-refractivity contribution in [1.82, 2.24) is 0 Å². The molecule has 2 nitrogen and oxygen atoms in total. The second-order valence-electron chi connectivity index (χ2n) is 7.44. The first-order chi connectivity index (χ1) is 16.5. The number of ether oxygens (including phenoxy) is 1. The molecule has 3 aromatic rings. The van der Waals surface area contributed by atoms with Crippen LogP contribution in [0, 0.1) is 0 Å². The predicted molar refractivity (Wildman–Crippen MR) is 112 cm³/mol. The number of nitrogens with two attached hydrogens (primary N) is 1. The summed E-state index contributed by atoms with van der Waals surface area (Å²) >= 11 is -0.324. The van der Waals surface area contributed by atoms with E-state index in [1.807, 2.05) is 0 Å². The summed E-state index contributed by atoms with van der Waals surface area (Å²) < 4.78 is 136. The molecule has 3 aromatic carbocycles. The lowest BCUT2D eigenvalue weighted by Gasteiger charge is -2.29. The van der Waals surface area contributed by atoms with E-state index >= 15 is 0 Å². The minimum Gasteiger partial charge on any atom is -0.457 e. The Hall–Kier alpha value is -2.93. The predicted octanol–water partition coefficient (Wildman–Crippen LogP) is 8.43. The first-order valence-electron chi connectivity index (χ1n) is 9.83. The lowest BCUT2D eigenvalue weighted by atomic mass is 9.94. The monoisotopic (exact) mass is 543 g/mol. The van der Waals surface area contributed by atoms with Crippen LogP contribution >= 0.6 is 11.8 Å². The second-order valence-corrected chi connectivity index (χ2v) is 8.58. The third-order valence-electron chi connectivity index (χ3n) is 4.87. The Bertz CT molecular complexity index is 1190. The molecule has 0 fully saturated rings. The van der Waals surface area contributed by atoms with Gasteiger partial charge in [-0.2, -0.15) is 43.9 Å². The van der Waals surface area contributed by atoms with Gasteiger partial charge in [0.05, 0.1) is 6.04 Å². The molecular weight excluding hydrogens is 528 g/mol. The fourth-order valence-corrected chi connectivity index (χ4v) is 3.68. The molecule has 0 radical (unpaired) electrons. The Morgan fingerprint density at radius 2 is 1.28 bits per heavy atom. The van der Waals surface area contributed by atoms with Gasteiger partial charge in [-0.3, -0.25) is 0 Å². The molecule has 0 aliphatic rings. The summed E-state index contributed by atoms with van der Waals surface area (Å²) in [6.07, 6.45) is -6.48. The molecule has 2 N–H and O–H groups in total. The van der Waals surface area contributed by atoms with Crippen LogP contribution < -0.4 is 10.5 Å². The fourth-order valence-electron chi connectivity index (χ4n) is 3.09. The third kappa shape index (κ3) is 6.06. The number of thioether (sulfide) groups is 1. The topological polar surface area (TPSA) is 35.2 Å². The Kier molecular flexibility index (Phi) is 7.56. The number of hydrogen-bond acceptors (Lipinski definition) is 3. The highest BCUT2D eigenvalue weighted by Gasteiger charge is 2.73. The van der Waals surface area contributed by atoms with Crippen LogP contribution in [0.4, 0.5) is 43.9 Å². The van der Waals surface area contributed by atoms with Gasteiger partial charge < -0.3 is 10.5 Å². The summed E-state index contributed by atoms with van der Waals surface area (Å²) in [4.78, 5) is -0.105. The van der Waals surface area contributed by atoms with Gasteiger partial charge in [0.2, 0.25) is 0 Å².